The number of hydrogen-bond acceptors (Lipinski definition) is 2. The molecule has 0 amide bonds. The molecule has 1 rings (SSSR count). The van der Waals surface area contributed by atoms with Crippen molar-refractivity contribution in [3.63, 3.8) is 0 Å². The Labute approximate surface area is 72.9 Å². The van der Waals surface area contributed by atoms with Crippen molar-refractivity contribution < 1.29 is 0 Å². The summed E-state index contributed by atoms with van der Waals surface area (Å²) in [5, 5.41) is 3.35. The normalized spacial score (nSPS) is 11.1. The first-order chi connectivity index (χ1) is 5.24. The molecule has 0 aliphatic rings. The number of rotatable bonds is 1. The van der Waals surface area contributed by atoms with Crippen LogP contribution in [-0.4, -0.2) is 5.84 Å². The molecule has 3 nitrogen and oxygen atoms in total. The Bertz CT molecular complexity index is 323. The molecule has 0 aromatic carbocycles. The van der Waals surface area contributed by atoms with E-state index in [-0.39, 0.29) is 5.84 Å². The topological polar surface area (TPSA) is 42.7 Å². The lowest BCUT2D eigenvalue weighted by molar-refractivity contribution is 1.50. The molecule has 0 radical (unpaired) electrons. The Morgan fingerprint density at radius 2 is 2.45 bits per heavy atom. The molecule has 0 unspecified atom stereocenters. The Morgan fingerprint density at radius 1 is 1.73 bits per heavy atom. The lowest BCUT2D eigenvalue weighted by Crippen LogP contribution is -2.09. The maximum absolute atomic E-state index is 6.42. The third-order valence-corrected chi connectivity index (χ3v) is 2.24. The van der Waals surface area contributed by atoms with Gasteiger partial charge < -0.3 is 5.73 Å². The fraction of sp³-hybridized carbons (Fsp3) is 0. The van der Waals surface area contributed by atoms with E-state index < -0.39 is 0 Å². The van der Waals surface area contributed by atoms with Crippen LogP contribution in [0.3, 0.4) is 0 Å². The SMILES string of the molecule is [C-]#[N+]/N=C(\N)c1ccc(Cl)s1. The fourth-order valence-electron chi connectivity index (χ4n) is 0.555. The molecular weight excluding hydrogens is 182 g/mol. The molecule has 1 heterocycles. The molecule has 2 N–H and O–H groups in total. The second-order valence-electron chi connectivity index (χ2n) is 1.69. The van der Waals surface area contributed by atoms with Crippen LogP contribution in [0.1, 0.15) is 4.88 Å². The first-order valence-corrected chi connectivity index (χ1v) is 3.89. The predicted octanol–water partition coefficient (Wildman–Crippen LogP) is 1.94. The summed E-state index contributed by atoms with van der Waals surface area (Å²) in [5.41, 5.74) is 5.41. The van der Waals surface area contributed by atoms with E-state index in [0.29, 0.717) is 4.34 Å². The molecule has 11 heavy (non-hydrogen) atoms. The van der Waals surface area contributed by atoms with Crippen molar-refractivity contribution >= 4 is 28.8 Å². The van der Waals surface area contributed by atoms with E-state index in [4.69, 9.17) is 23.9 Å². The number of nitrogens with two attached hydrogens (primary N) is 1. The van der Waals surface area contributed by atoms with Gasteiger partial charge in [0.25, 0.3) is 0 Å². The van der Waals surface area contributed by atoms with Gasteiger partial charge in [-0.15, -0.1) is 16.3 Å². The summed E-state index contributed by atoms with van der Waals surface area (Å²) in [4.78, 5) is 3.53. The highest BCUT2D eigenvalue weighted by molar-refractivity contribution is 7.18. The van der Waals surface area contributed by atoms with Gasteiger partial charge in [0.05, 0.1) is 9.21 Å². The maximum Gasteiger partial charge on any atom is 0.224 e. The van der Waals surface area contributed by atoms with Gasteiger partial charge in [0.15, 0.2) is 0 Å². The van der Waals surface area contributed by atoms with Crippen molar-refractivity contribution in [2.45, 2.75) is 0 Å². The Hall–Kier alpha value is -1.05. The largest absolute Gasteiger partial charge is 0.377 e. The lowest BCUT2D eigenvalue weighted by atomic mass is 10.4. The minimum absolute atomic E-state index is 0.219. The molecule has 1 aromatic rings. The maximum atomic E-state index is 6.42. The smallest absolute Gasteiger partial charge is 0.224 e. The van der Waals surface area contributed by atoms with Gasteiger partial charge in [-0.3, -0.25) is 0 Å². The molecule has 0 aliphatic carbocycles. The highest BCUT2D eigenvalue weighted by atomic mass is 35.5. The first kappa shape index (κ1) is 8.05. The van der Waals surface area contributed by atoms with E-state index in [0.717, 1.165) is 4.88 Å². The van der Waals surface area contributed by atoms with Gasteiger partial charge in [-0.05, 0) is 12.1 Å². The van der Waals surface area contributed by atoms with Crippen LogP contribution in [0.2, 0.25) is 4.34 Å². The highest BCUT2D eigenvalue weighted by Crippen LogP contribution is 2.20. The van der Waals surface area contributed by atoms with Crippen LogP contribution >= 0.6 is 22.9 Å². The van der Waals surface area contributed by atoms with E-state index in [2.05, 4.69) is 10.1 Å². The van der Waals surface area contributed by atoms with Crippen LogP contribution in [0, 0.1) is 6.57 Å². The lowest BCUT2D eigenvalue weighted by Gasteiger charge is -1.84. The second-order valence-corrected chi connectivity index (χ2v) is 3.40. The molecule has 0 bridgehead atoms. The van der Waals surface area contributed by atoms with Gasteiger partial charge in [0.1, 0.15) is 5.10 Å². The zero-order chi connectivity index (χ0) is 8.27. The van der Waals surface area contributed by atoms with E-state index >= 15 is 0 Å². The molecule has 0 spiro atoms. The van der Waals surface area contributed by atoms with Crippen LogP contribution in [-0.2, 0) is 0 Å². The van der Waals surface area contributed by atoms with Crippen LogP contribution in [0.15, 0.2) is 17.2 Å². The summed E-state index contributed by atoms with van der Waals surface area (Å²) >= 11 is 6.94. The molecular formula is C6H4ClN3S. The van der Waals surface area contributed by atoms with Crippen LogP contribution in [0.4, 0.5) is 0 Å². The average Bonchev–Trinajstić information content (AvgIpc) is 2.36. The summed E-state index contributed by atoms with van der Waals surface area (Å²) in [7, 11) is 0. The summed E-state index contributed by atoms with van der Waals surface area (Å²) < 4.78 is 0.642. The van der Waals surface area contributed by atoms with Gasteiger partial charge in [-0.25, -0.2) is 0 Å². The van der Waals surface area contributed by atoms with Crippen LogP contribution in [0.5, 0.6) is 0 Å². The minimum atomic E-state index is 0.219. The summed E-state index contributed by atoms with van der Waals surface area (Å²) in [6, 6.07) is 3.45. The molecule has 0 aliphatic heterocycles. The Morgan fingerprint density at radius 3 is 2.91 bits per heavy atom. The zero-order valence-electron chi connectivity index (χ0n) is 5.41. The van der Waals surface area contributed by atoms with Crippen molar-refractivity contribution in [1.82, 2.24) is 0 Å². The number of thiophene rings is 1. The molecule has 56 valence electrons. The number of hydrogen-bond donors (Lipinski definition) is 1. The number of nitrogens with zero attached hydrogens (tertiary/aromatic N) is 2. The summed E-state index contributed by atoms with van der Waals surface area (Å²) in [6.45, 7) is 6.42. The van der Waals surface area contributed by atoms with E-state index in [1.807, 2.05) is 0 Å². The molecule has 0 saturated heterocycles. The standard InChI is InChI=1S/C6H4ClN3S/c1-9-10-6(8)4-2-3-5(7)11-4/h2-3H,(H2,8,10). The van der Waals surface area contributed by atoms with Gasteiger partial charge in [0, 0.05) is 0 Å². The predicted molar refractivity (Wildman–Crippen MR) is 46.7 cm³/mol. The average molecular weight is 186 g/mol. The summed E-state index contributed by atoms with van der Waals surface area (Å²) in [5.74, 6) is 0.219. The highest BCUT2D eigenvalue weighted by Gasteiger charge is 2.03. The van der Waals surface area contributed by atoms with Crippen molar-refractivity contribution in [3.05, 3.63) is 32.9 Å². The fourth-order valence-corrected chi connectivity index (χ4v) is 1.50. The van der Waals surface area contributed by atoms with E-state index in [1.54, 1.807) is 12.1 Å². The van der Waals surface area contributed by atoms with Gasteiger partial charge >= 0.3 is 0 Å². The van der Waals surface area contributed by atoms with Crippen molar-refractivity contribution in [3.8, 4) is 0 Å². The molecule has 0 atom stereocenters. The number of halogens is 1. The van der Waals surface area contributed by atoms with Crippen LogP contribution in [0.25, 0.3) is 4.95 Å². The van der Waals surface area contributed by atoms with Gasteiger partial charge in [-0.1, -0.05) is 11.6 Å². The monoisotopic (exact) mass is 185 g/mol. The minimum Gasteiger partial charge on any atom is -0.377 e. The molecule has 0 saturated carbocycles. The number of amidine groups is 1. The van der Waals surface area contributed by atoms with Gasteiger partial charge in [-0.2, -0.15) is 6.57 Å². The van der Waals surface area contributed by atoms with Crippen molar-refractivity contribution in [1.29, 1.82) is 0 Å². The van der Waals surface area contributed by atoms with Crippen molar-refractivity contribution in [2.24, 2.45) is 10.8 Å². The Balaban J connectivity index is 2.95. The third-order valence-electron chi connectivity index (χ3n) is 0.983. The first-order valence-electron chi connectivity index (χ1n) is 2.69. The zero-order valence-corrected chi connectivity index (χ0v) is 6.99. The summed E-state index contributed by atoms with van der Waals surface area (Å²) in [6.07, 6.45) is 0. The molecule has 1 aromatic heterocycles. The quantitative estimate of drug-likeness (QED) is 0.309. The molecule has 5 heteroatoms. The van der Waals surface area contributed by atoms with Crippen LogP contribution < -0.4 is 5.73 Å². The van der Waals surface area contributed by atoms with E-state index in [9.17, 15) is 0 Å². The van der Waals surface area contributed by atoms with E-state index in [1.165, 1.54) is 11.3 Å². The second kappa shape index (κ2) is 3.37. The van der Waals surface area contributed by atoms with Crippen molar-refractivity contribution in [2.75, 3.05) is 0 Å². The third kappa shape index (κ3) is 1.93. The van der Waals surface area contributed by atoms with Gasteiger partial charge in [0.2, 0.25) is 5.84 Å². The Kier molecular flexibility index (Phi) is 2.47. The molecule has 0 fully saturated rings.